The van der Waals surface area contributed by atoms with Crippen molar-refractivity contribution in [2.24, 2.45) is 0 Å². The van der Waals surface area contributed by atoms with E-state index in [0.717, 1.165) is 38.4 Å². The summed E-state index contributed by atoms with van der Waals surface area (Å²) in [6.45, 7) is 5.87. The molecule has 3 rings (SSSR count). The Morgan fingerprint density at radius 2 is 2.14 bits per heavy atom. The number of ketones is 1. The van der Waals surface area contributed by atoms with Crippen molar-refractivity contribution in [3.8, 4) is 5.75 Å². The third-order valence-electron chi connectivity index (χ3n) is 4.27. The highest BCUT2D eigenvalue weighted by Gasteiger charge is 2.36. The Hall–Kier alpha value is -1.46. The normalized spacial score (nSPS) is 25.4. The average molecular weight is 293 g/mol. The Kier molecular flexibility index (Phi) is 4.22. The molecule has 2 aliphatic rings. The van der Waals surface area contributed by atoms with Gasteiger partial charge in [-0.25, -0.2) is 4.39 Å². The van der Waals surface area contributed by atoms with Crippen LogP contribution in [-0.2, 0) is 9.53 Å². The zero-order valence-corrected chi connectivity index (χ0v) is 12.2. The third-order valence-corrected chi connectivity index (χ3v) is 4.27. The van der Waals surface area contributed by atoms with Gasteiger partial charge in [0.05, 0.1) is 13.2 Å². The Balaban J connectivity index is 1.59. The van der Waals surface area contributed by atoms with Crippen LogP contribution >= 0.6 is 0 Å². The molecule has 0 spiro atoms. The van der Waals surface area contributed by atoms with E-state index < -0.39 is 6.10 Å². The van der Waals surface area contributed by atoms with E-state index in [1.807, 2.05) is 6.92 Å². The second-order valence-electron chi connectivity index (χ2n) is 5.68. The molecule has 2 aliphatic heterocycles. The maximum absolute atomic E-state index is 13.3. The SMILES string of the molecule is CC1c2cc(F)ccc2OC1C(=O)CCN1CCOCC1. The highest BCUT2D eigenvalue weighted by Crippen LogP contribution is 2.38. The van der Waals surface area contributed by atoms with Gasteiger partial charge in [0.1, 0.15) is 11.6 Å². The molecule has 2 atom stereocenters. The van der Waals surface area contributed by atoms with E-state index >= 15 is 0 Å². The topological polar surface area (TPSA) is 38.8 Å². The molecule has 1 aromatic carbocycles. The van der Waals surface area contributed by atoms with Crippen molar-refractivity contribution in [3.05, 3.63) is 29.6 Å². The number of benzene rings is 1. The molecule has 5 heteroatoms. The zero-order valence-electron chi connectivity index (χ0n) is 12.2. The lowest BCUT2D eigenvalue weighted by atomic mass is 9.94. The van der Waals surface area contributed by atoms with Crippen LogP contribution in [-0.4, -0.2) is 49.6 Å². The molecule has 1 aromatic rings. The highest BCUT2D eigenvalue weighted by molar-refractivity contribution is 5.85. The lowest BCUT2D eigenvalue weighted by Crippen LogP contribution is -2.39. The summed E-state index contributed by atoms with van der Waals surface area (Å²) >= 11 is 0. The van der Waals surface area contributed by atoms with Gasteiger partial charge < -0.3 is 9.47 Å². The van der Waals surface area contributed by atoms with Crippen LogP contribution in [0.1, 0.15) is 24.8 Å². The van der Waals surface area contributed by atoms with Gasteiger partial charge in [0.15, 0.2) is 11.9 Å². The summed E-state index contributed by atoms with van der Waals surface area (Å²) in [5.41, 5.74) is 0.791. The Morgan fingerprint density at radius 3 is 2.90 bits per heavy atom. The van der Waals surface area contributed by atoms with Crippen molar-refractivity contribution in [2.75, 3.05) is 32.8 Å². The van der Waals surface area contributed by atoms with E-state index in [0.29, 0.717) is 12.2 Å². The predicted octanol–water partition coefficient (Wildman–Crippen LogP) is 1.98. The maximum Gasteiger partial charge on any atom is 0.175 e. The average Bonchev–Trinajstić information content (AvgIpc) is 2.83. The van der Waals surface area contributed by atoms with Gasteiger partial charge in [0.2, 0.25) is 0 Å². The number of carbonyl (C=O) groups is 1. The molecule has 0 aliphatic carbocycles. The summed E-state index contributed by atoms with van der Waals surface area (Å²) < 4.78 is 24.3. The van der Waals surface area contributed by atoms with E-state index in [9.17, 15) is 9.18 Å². The number of ether oxygens (including phenoxy) is 2. The van der Waals surface area contributed by atoms with Crippen molar-refractivity contribution < 1.29 is 18.7 Å². The first-order chi connectivity index (χ1) is 10.1. The van der Waals surface area contributed by atoms with Crippen molar-refractivity contribution >= 4 is 5.78 Å². The van der Waals surface area contributed by atoms with Gasteiger partial charge in [-0.3, -0.25) is 9.69 Å². The van der Waals surface area contributed by atoms with Gasteiger partial charge in [-0.15, -0.1) is 0 Å². The van der Waals surface area contributed by atoms with Crippen LogP contribution in [0.15, 0.2) is 18.2 Å². The van der Waals surface area contributed by atoms with Gasteiger partial charge in [-0.05, 0) is 18.2 Å². The Labute approximate surface area is 123 Å². The smallest absolute Gasteiger partial charge is 0.175 e. The number of Topliss-reactive ketones (excluding diaryl/α,β-unsaturated/α-hetero) is 1. The molecule has 0 aromatic heterocycles. The van der Waals surface area contributed by atoms with E-state index in [4.69, 9.17) is 9.47 Å². The van der Waals surface area contributed by atoms with Crippen LogP contribution < -0.4 is 4.74 Å². The number of hydrogen-bond donors (Lipinski definition) is 0. The quantitative estimate of drug-likeness (QED) is 0.851. The fourth-order valence-corrected chi connectivity index (χ4v) is 2.96. The molecule has 0 N–H and O–H groups in total. The fourth-order valence-electron chi connectivity index (χ4n) is 2.96. The first kappa shape index (κ1) is 14.5. The largest absolute Gasteiger partial charge is 0.482 e. The van der Waals surface area contributed by atoms with E-state index in [-0.39, 0.29) is 17.5 Å². The van der Waals surface area contributed by atoms with Crippen LogP contribution in [0, 0.1) is 5.82 Å². The van der Waals surface area contributed by atoms with Gasteiger partial charge in [-0.1, -0.05) is 6.92 Å². The molecule has 1 fully saturated rings. The second kappa shape index (κ2) is 6.12. The minimum absolute atomic E-state index is 0.0885. The predicted molar refractivity (Wildman–Crippen MR) is 76.1 cm³/mol. The fraction of sp³-hybridized carbons (Fsp3) is 0.562. The van der Waals surface area contributed by atoms with E-state index in [1.54, 1.807) is 6.07 Å². The summed E-state index contributed by atoms with van der Waals surface area (Å²) in [6, 6.07) is 4.44. The molecule has 1 saturated heterocycles. The summed E-state index contributed by atoms with van der Waals surface area (Å²) in [7, 11) is 0. The summed E-state index contributed by atoms with van der Waals surface area (Å²) in [4.78, 5) is 14.6. The van der Waals surface area contributed by atoms with Crippen LogP contribution in [0.3, 0.4) is 0 Å². The molecule has 21 heavy (non-hydrogen) atoms. The molecule has 2 unspecified atom stereocenters. The van der Waals surface area contributed by atoms with E-state index in [1.165, 1.54) is 12.1 Å². The van der Waals surface area contributed by atoms with Crippen LogP contribution in [0.5, 0.6) is 5.75 Å². The minimum Gasteiger partial charge on any atom is -0.482 e. The summed E-state index contributed by atoms with van der Waals surface area (Å²) in [6.07, 6.45) is -0.0197. The van der Waals surface area contributed by atoms with Crippen molar-refractivity contribution in [2.45, 2.75) is 25.4 Å². The van der Waals surface area contributed by atoms with Crippen LogP contribution in [0.4, 0.5) is 4.39 Å². The number of morpholine rings is 1. The minimum atomic E-state index is -0.483. The number of halogens is 1. The zero-order chi connectivity index (χ0) is 14.8. The molecule has 4 nitrogen and oxygen atoms in total. The van der Waals surface area contributed by atoms with Gasteiger partial charge in [0, 0.05) is 37.5 Å². The monoisotopic (exact) mass is 293 g/mol. The molecule has 114 valence electrons. The Morgan fingerprint density at radius 1 is 1.38 bits per heavy atom. The number of fused-ring (bicyclic) bond motifs is 1. The maximum atomic E-state index is 13.3. The van der Waals surface area contributed by atoms with Gasteiger partial charge in [0.25, 0.3) is 0 Å². The first-order valence-corrected chi connectivity index (χ1v) is 7.44. The van der Waals surface area contributed by atoms with Crippen molar-refractivity contribution in [3.63, 3.8) is 0 Å². The van der Waals surface area contributed by atoms with Gasteiger partial charge >= 0.3 is 0 Å². The molecular formula is C16H20FNO3. The lowest BCUT2D eigenvalue weighted by molar-refractivity contribution is -0.126. The molecule has 2 heterocycles. The Bertz CT molecular complexity index is 528. The standard InChI is InChI=1S/C16H20FNO3/c1-11-13-10-12(17)2-3-15(13)21-16(11)14(19)4-5-18-6-8-20-9-7-18/h2-3,10-11,16H,4-9H2,1H3. The summed E-state index contributed by atoms with van der Waals surface area (Å²) in [5.74, 6) is 0.345. The second-order valence-corrected chi connectivity index (χ2v) is 5.68. The molecule has 0 bridgehead atoms. The van der Waals surface area contributed by atoms with Crippen molar-refractivity contribution in [1.82, 2.24) is 4.90 Å². The molecule has 0 amide bonds. The molecule has 0 saturated carbocycles. The molecular weight excluding hydrogens is 273 g/mol. The first-order valence-electron chi connectivity index (χ1n) is 7.44. The van der Waals surface area contributed by atoms with Crippen molar-refractivity contribution in [1.29, 1.82) is 0 Å². The third kappa shape index (κ3) is 3.09. The number of hydrogen-bond acceptors (Lipinski definition) is 4. The lowest BCUT2D eigenvalue weighted by Gasteiger charge is -2.26. The highest BCUT2D eigenvalue weighted by atomic mass is 19.1. The molecule has 0 radical (unpaired) electrons. The number of carbonyl (C=O) groups excluding carboxylic acids is 1. The van der Waals surface area contributed by atoms with Gasteiger partial charge in [-0.2, -0.15) is 0 Å². The number of rotatable bonds is 4. The van der Waals surface area contributed by atoms with Crippen LogP contribution in [0.2, 0.25) is 0 Å². The van der Waals surface area contributed by atoms with Crippen LogP contribution in [0.25, 0.3) is 0 Å². The number of nitrogens with zero attached hydrogens (tertiary/aromatic N) is 1. The van der Waals surface area contributed by atoms with E-state index in [2.05, 4.69) is 4.90 Å². The summed E-state index contributed by atoms with van der Waals surface area (Å²) in [5, 5.41) is 0.